The number of aryl methyl sites for hydroxylation is 1. The summed E-state index contributed by atoms with van der Waals surface area (Å²) in [5.74, 6) is 0.571. The van der Waals surface area contributed by atoms with Gasteiger partial charge >= 0.3 is 0 Å². The number of phenols is 1. The van der Waals surface area contributed by atoms with Crippen molar-refractivity contribution in [1.82, 2.24) is 14.9 Å². The van der Waals surface area contributed by atoms with Crippen molar-refractivity contribution in [1.29, 1.82) is 0 Å². The minimum atomic E-state index is -3.74. The van der Waals surface area contributed by atoms with Crippen molar-refractivity contribution in [2.24, 2.45) is 0 Å². The lowest BCUT2D eigenvalue weighted by Gasteiger charge is -2.06. The lowest BCUT2D eigenvalue weighted by Crippen LogP contribution is -2.26. The molecule has 0 aliphatic heterocycles. The summed E-state index contributed by atoms with van der Waals surface area (Å²) in [5.41, 5.74) is 0. The Hall–Kier alpha value is -1.93. The number of rotatable bonds is 5. The number of phenolic OH excluding ortho intramolecular Hbond substituents is 1. The van der Waals surface area contributed by atoms with E-state index < -0.39 is 10.0 Å². The van der Waals surface area contributed by atoms with Crippen molar-refractivity contribution in [2.45, 2.75) is 18.2 Å². The maximum atomic E-state index is 11.9. The number of para-hydroxylation sites is 1. The van der Waals surface area contributed by atoms with Gasteiger partial charge in [0.25, 0.3) is 0 Å². The van der Waals surface area contributed by atoms with Gasteiger partial charge in [0.2, 0.25) is 15.9 Å². The number of hydrogen-bond donors (Lipinski definition) is 2. The maximum absolute atomic E-state index is 11.9. The first kappa shape index (κ1) is 13.5. The zero-order chi connectivity index (χ0) is 13.9. The highest BCUT2D eigenvalue weighted by molar-refractivity contribution is 7.89. The molecule has 2 aromatic rings. The molecule has 0 unspecified atom stereocenters. The van der Waals surface area contributed by atoms with Crippen LogP contribution in [0.25, 0.3) is 0 Å². The first-order valence-electron chi connectivity index (χ1n) is 5.56. The monoisotopic (exact) mass is 283 g/mol. The number of hydrogen-bond acceptors (Lipinski definition) is 6. The van der Waals surface area contributed by atoms with Crippen LogP contribution in [0.5, 0.6) is 5.75 Å². The van der Waals surface area contributed by atoms with Gasteiger partial charge in [-0.15, -0.1) is 0 Å². The Balaban J connectivity index is 2.01. The standard InChI is InChI=1S/C11H13N3O4S/c1-8-13-11(14-18-8)6-7-12-19(16,17)10-5-3-2-4-9(10)15/h2-5,12,15H,6-7H2,1H3. The summed E-state index contributed by atoms with van der Waals surface area (Å²) >= 11 is 0. The van der Waals surface area contributed by atoms with Crippen molar-refractivity contribution in [3.8, 4) is 5.75 Å². The van der Waals surface area contributed by atoms with Crippen molar-refractivity contribution >= 4 is 10.0 Å². The molecule has 0 amide bonds. The largest absolute Gasteiger partial charge is 0.507 e. The average Bonchev–Trinajstić information content (AvgIpc) is 2.75. The number of aromatic hydroxyl groups is 1. The molecule has 8 heteroatoms. The van der Waals surface area contributed by atoms with Crippen LogP contribution in [0, 0.1) is 6.92 Å². The van der Waals surface area contributed by atoms with Crippen LogP contribution in [-0.4, -0.2) is 30.2 Å². The summed E-state index contributed by atoms with van der Waals surface area (Å²) in [5, 5.41) is 13.2. The van der Waals surface area contributed by atoms with Gasteiger partial charge < -0.3 is 9.63 Å². The van der Waals surface area contributed by atoms with Gasteiger partial charge in [-0.25, -0.2) is 13.1 Å². The molecule has 2 rings (SSSR count). The fourth-order valence-electron chi connectivity index (χ4n) is 1.50. The SMILES string of the molecule is Cc1nc(CCNS(=O)(=O)c2ccccc2O)no1. The Morgan fingerprint density at radius 3 is 2.74 bits per heavy atom. The van der Waals surface area contributed by atoms with Crippen LogP contribution in [0.3, 0.4) is 0 Å². The Labute approximate surface area is 110 Å². The summed E-state index contributed by atoms with van der Waals surface area (Å²) < 4.78 is 31.0. The van der Waals surface area contributed by atoms with Gasteiger partial charge in [0.1, 0.15) is 10.6 Å². The van der Waals surface area contributed by atoms with E-state index in [4.69, 9.17) is 4.52 Å². The van der Waals surface area contributed by atoms with Gasteiger partial charge in [-0.05, 0) is 12.1 Å². The molecule has 0 fully saturated rings. The van der Waals surface area contributed by atoms with E-state index in [0.717, 1.165) is 0 Å². The smallest absolute Gasteiger partial charge is 0.244 e. The third kappa shape index (κ3) is 3.30. The van der Waals surface area contributed by atoms with Crippen LogP contribution < -0.4 is 4.72 Å². The summed E-state index contributed by atoms with van der Waals surface area (Å²) in [6, 6.07) is 5.74. The molecule has 0 aliphatic carbocycles. The number of nitrogens with one attached hydrogen (secondary N) is 1. The first-order chi connectivity index (χ1) is 8.99. The normalized spacial score (nSPS) is 11.6. The Kier molecular flexibility index (Phi) is 3.82. The number of benzene rings is 1. The van der Waals surface area contributed by atoms with E-state index >= 15 is 0 Å². The topological polar surface area (TPSA) is 105 Å². The van der Waals surface area contributed by atoms with Crippen LogP contribution in [0.1, 0.15) is 11.7 Å². The molecule has 0 atom stereocenters. The molecule has 1 heterocycles. The Bertz CT molecular complexity index is 666. The zero-order valence-corrected chi connectivity index (χ0v) is 11.0. The predicted octanol–water partition coefficient (Wildman–Crippen LogP) is 0.605. The molecule has 19 heavy (non-hydrogen) atoms. The molecule has 7 nitrogen and oxygen atoms in total. The van der Waals surface area contributed by atoms with Gasteiger partial charge in [0, 0.05) is 19.9 Å². The third-order valence-corrected chi connectivity index (χ3v) is 3.87. The molecular formula is C11H13N3O4S. The second-order valence-corrected chi connectivity index (χ2v) is 5.58. The highest BCUT2D eigenvalue weighted by Crippen LogP contribution is 2.20. The minimum Gasteiger partial charge on any atom is -0.507 e. The zero-order valence-electron chi connectivity index (χ0n) is 10.2. The van der Waals surface area contributed by atoms with Gasteiger partial charge in [-0.1, -0.05) is 17.3 Å². The second-order valence-electron chi connectivity index (χ2n) is 3.85. The molecular weight excluding hydrogens is 270 g/mol. The van der Waals surface area contributed by atoms with E-state index in [2.05, 4.69) is 14.9 Å². The predicted molar refractivity (Wildman–Crippen MR) is 66.0 cm³/mol. The average molecular weight is 283 g/mol. The first-order valence-corrected chi connectivity index (χ1v) is 7.04. The minimum absolute atomic E-state index is 0.121. The third-order valence-electron chi connectivity index (χ3n) is 2.37. The number of aromatic nitrogens is 2. The molecule has 1 aromatic carbocycles. The van der Waals surface area contributed by atoms with Crippen molar-refractivity contribution in [2.75, 3.05) is 6.54 Å². The van der Waals surface area contributed by atoms with Crippen molar-refractivity contribution in [3.63, 3.8) is 0 Å². The Morgan fingerprint density at radius 2 is 2.11 bits per heavy atom. The molecule has 0 aliphatic rings. The number of nitrogens with zero attached hydrogens (tertiary/aromatic N) is 2. The second kappa shape index (κ2) is 5.37. The fourth-order valence-corrected chi connectivity index (χ4v) is 2.63. The van der Waals surface area contributed by atoms with Gasteiger partial charge in [0.05, 0.1) is 0 Å². The van der Waals surface area contributed by atoms with Crippen molar-refractivity contribution < 1.29 is 18.0 Å². The van der Waals surface area contributed by atoms with Crippen LogP contribution in [0.15, 0.2) is 33.7 Å². The molecule has 1 aromatic heterocycles. The van der Waals surface area contributed by atoms with E-state index in [9.17, 15) is 13.5 Å². The molecule has 0 spiro atoms. The van der Waals surface area contributed by atoms with Crippen molar-refractivity contribution in [3.05, 3.63) is 36.0 Å². The van der Waals surface area contributed by atoms with Gasteiger partial charge in [-0.2, -0.15) is 4.98 Å². The molecule has 0 radical (unpaired) electrons. The highest BCUT2D eigenvalue weighted by Gasteiger charge is 2.17. The molecule has 0 saturated carbocycles. The number of sulfonamides is 1. The Morgan fingerprint density at radius 1 is 1.37 bits per heavy atom. The summed E-state index contributed by atoms with van der Waals surface area (Å²) in [4.78, 5) is 3.81. The summed E-state index contributed by atoms with van der Waals surface area (Å²) in [7, 11) is -3.74. The highest BCUT2D eigenvalue weighted by atomic mass is 32.2. The van der Waals surface area contributed by atoms with Crippen LogP contribution in [-0.2, 0) is 16.4 Å². The van der Waals surface area contributed by atoms with Crippen LogP contribution >= 0.6 is 0 Å². The van der Waals surface area contributed by atoms with E-state index in [-0.39, 0.29) is 17.2 Å². The van der Waals surface area contributed by atoms with Crippen LogP contribution in [0.4, 0.5) is 0 Å². The lowest BCUT2D eigenvalue weighted by molar-refractivity contribution is 0.387. The van der Waals surface area contributed by atoms with Crippen LogP contribution in [0.2, 0.25) is 0 Å². The molecule has 0 bridgehead atoms. The molecule has 2 N–H and O–H groups in total. The lowest BCUT2D eigenvalue weighted by atomic mass is 10.3. The van der Waals surface area contributed by atoms with Gasteiger partial charge in [0.15, 0.2) is 5.82 Å². The van der Waals surface area contributed by atoms with E-state index in [0.29, 0.717) is 18.1 Å². The van der Waals surface area contributed by atoms with Gasteiger partial charge in [-0.3, -0.25) is 0 Å². The maximum Gasteiger partial charge on any atom is 0.244 e. The van der Waals surface area contributed by atoms with E-state index in [1.807, 2.05) is 0 Å². The summed E-state index contributed by atoms with van der Waals surface area (Å²) in [6.07, 6.45) is 0.310. The fraction of sp³-hybridized carbons (Fsp3) is 0.273. The quantitative estimate of drug-likeness (QED) is 0.832. The van der Waals surface area contributed by atoms with E-state index in [1.165, 1.54) is 18.2 Å². The van der Waals surface area contributed by atoms with E-state index in [1.54, 1.807) is 13.0 Å². The molecule has 102 valence electrons. The molecule has 0 saturated heterocycles. The summed E-state index contributed by atoms with van der Waals surface area (Å²) in [6.45, 7) is 1.78.